The molecule has 0 aliphatic rings. The number of hydrogen-bond donors (Lipinski definition) is 1. The van der Waals surface area contributed by atoms with Crippen molar-refractivity contribution >= 4 is 0 Å². The maximum atomic E-state index is 5.40. The highest BCUT2D eigenvalue weighted by Gasteiger charge is 2.18. The molecule has 1 heterocycles. The van der Waals surface area contributed by atoms with Crippen LogP contribution in [-0.4, -0.2) is 29.5 Å². The van der Waals surface area contributed by atoms with Gasteiger partial charge >= 0.3 is 0 Å². The molecule has 0 radical (unpaired) electrons. The molecule has 0 saturated carbocycles. The Bertz CT molecular complexity index is 509. The summed E-state index contributed by atoms with van der Waals surface area (Å²) in [5.41, 5.74) is 2.25. The number of nitrogens with one attached hydrogen (secondary N) is 1. The lowest BCUT2D eigenvalue weighted by Crippen LogP contribution is -2.27. The lowest BCUT2D eigenvalue weighted by molar-refractivity contribution is 0.0998. The van der Waals surface area contributed by atoms with E-state index in [2.05, 4.69) is 42.5 Å². The van der Waals surface area contributed by atoms with E-state index in [0.29, 0.717) is 0 Å². The van der Waals surface area contributed by atoms with Gasteiger partial charge in [-0.3, -0.25) is 0 Å². The number of ether oxygens (including phenoxy) is 1. The van der Waals surface area contributed by atoms with Gasteiger partial charge in [0.05, 0.1) is 23.5 Å². The van der Waals surface area contributed by atoms with E-state index in [9.17, 15) is 0 Å². The van der Waals surface area contributed by atoms with Gasteiger partial charge in [0.1, 0.15) is 0 Å². The minimum Gasteiger partial charge on any atom is -0.382 e. The highest BCUT2D eigenvalue weighted by molar-refractivity contribution is 5.33. The van der Waals surface area contributed by atoms with E-state index in [-0.39, 0.29) is 12.1 Å². The van der Waals surface area contributed by atoms with Gasteiger partial charge in [0.15, 0.2) is 0 Å². The van der Waals surface area contributed by atoms with Gasteiger partial charge in [-0.2, -0.15) is 5.10 Å². The van der Waals surface area contributed by atoms with Crippen molar-refractivity contribution in [1.82, 2.24) is 15.1 Å². The number of nitrogens with zero attached hydrogens (tertiary/aromatic N) is 2. The van der Waals surface area contributed by atoms with E-state index in [1.807, 2.05) is 29.1 Å². The molecule has 1 aromatic carbocycles. The molecule has 0 fully saturated rings. The molecule has 2 rings (SSSR count). The average molecular weight is 273 g/mol. The summed E-state index contributed by atoms with van der Waals surface area (Å²) in [4.78, 5) is 0. The van der Waals surface area contributed by atoms with Crippen LogP contribution in [0.5, 0.6) is 0 Å². The highest BCUT2D eigenvalue weighted by Crippen LogP contribution is 2.22. The summed E-state index contributed by atoms with van der Waals surface area (Å²) in [5.74, 6) is 0. The molecule has 108 valence electrons. The van der Waals surface area contributed by atoms with Crippen molar-refractivity contribution in [2.75, 3.05) is 13.7 Å². The number of hydrogen-bond acceptors (Lipinski definition) is 3. The standard InChI is InChI=1S/C16H23N3O/c1-4-17-15(12-13(2)20-3)16-10-11-18-19(16)14-8-6-5-7-9-14/h5-11,13,15,17H,4,12H2,1-3H3. The van der Waals surface area contributed by atoms with Crippen LogP contribution in [0.2, 0.25) is 0 Å². The van der Waals surface area contributed by atoms with Crippen molar-refractivity contribution in [3.8, 4) is 5.69 Å². The molecular formula is C16H23N3O. The van der Waals surface area contributed by atoms with Crippen LogP contribution in [0.4, 0.5) is 0 Å². The molecule has 4 heteroatoms. The molecule has 0 aliphatic carbocycles. The molecule has 2 aromatic rings. The molecule has 0 spiro atoms. The first-order chi connectivity index (χ1) is 9.76. The van der Waals surface area contributed by atoms with Crippen LogP contribution in [0.3, 0.4) is 0 Å². The van der Waals surface area contributed by atoms with Crippen LogP contribution in [-0.2, 0) is 4.74 Å². The first-order valence-electron chi connectivity index (χ1n) is 7.11. The highest BCUT2D eigenvalue weighted by atomic mass is 16.5. The minimum atomic E-state index is 0.207. The number of para-hydroxylation sites is 1. The van der Waals surface area contributed by atoms with Gasteiger partial charge in [0.2, 0.25) is 0 Å². The number of benzene rings is 1. The Balaban J connectivity index is 2.28. The smallest absolute Gasteiger partial charge is 0.0649 e. The van der Waals surface area contributed by atoms with Crippen LogP contribution in [0.15, 0.2) is 42.6 Å². The normalized spacial score (nSPS) is 14.2. The van der Waals surface area contributed by atoms with Gasteiger partial charge in [-0.05, 0) is 38.1 Å². The maximum Gasteiger partial charge on any atom is 0.0649 e. The van der Waals surface area contributed by atoms with Crippen LogP contribution < -0.4 is 5.32 Å². The van der Waals surface area contributed by atoms with E-state index < -0.39 is 0 Å². The lowest BCUT2D eigenvalue weighted by Gasteiger charge is -2.22. The molecular weight excluding hydrogens is 250 g/mol. The van der Waals surface area contributed by atoms with E-state index in [1.165, 1.54) is 5.69 Å². The largest absolute Gasteiger partial charge is 0.382 e. The van der Waals surface area contributed by atoms with Crippen molar-refractivity contribution in [1.29, 1.82) is 0 Å². The topological polar surface area (TPSA) is 39.1 Å². The Morgan fingerprint density at radius 1 is 1.25 bits per heavy atom. The summed E-state index contributed by atoms with van der Waals surface area (Å²) in [5, 5.41) is 7.98. The molecule has 1 N–H and O–H groups in total. The van der Waals surface area contributed by atoms with Gasteiger partial charge in [-0.15, -0.1) is 0 Å². The monoisotopic (exact) mass is 273 g/mol. The van der Waals surface area contributed by atoms with Crippen LogP contribution >= 0.6 is 0 Å². The number of methoxy groups -OCH3 is 1. The predicted octanol–water partition coefficient (Wildman–Crippen LogP) is 2.95. The van der Waals surface area contributed by atoms with Crippen molar-refractivity contribution in [2.24, 2.45) is 0 Å². The SMILES string of the molecule is CCNC(CC(C)OC)c1ccnn1-c1ccccc1. The Hall–Kier alpha value is -1.65. The third kappa shape index (κ3) is 3.46. The molecule has 4 nitrogen and oxygen atoms in total. The zero-order valence-electron chi connectivity index (χ0n) is 12.4. The van der Waals surface area contributed by atoms with Gasteiger partial charge in [0.25, 0.3) is 0 Å². The molecule has 0 saturated heterocycles. The fourth-order valence-electron chi connectivity index (χ4n) is 2.35. The summed E-state index contributed by atoms with van der Waals surface area (Å²) < 4.78 is 7.40. The Kier molecular flexibility index (Phi) is 5.32. The molecule has 2 unspecified atom stereocenters. The molecule has 0 aliphatic heterocycles. The molecule has 1 aromatic heterocycles. The first kappa shape index (κ1) is 14.8. The first-order valence-corrected chi connectivity index (χ1v) is 7.11. The van der Waals surface area contributed by atoms with Gasteiger partial charge in [-0.25, -0.2) is 4.68 Å². The van der Waals surface area contributed by atoms with Crippen LogP contribution in [0, 0.1) is 0 Å². The predicted molar refractivity (Wildman–Crippen MR) is 81.1 cm³/mol. The second-order valence-electron chi connectivity index (χ2n) is 4.90. The van der Waals surface area contributed by atoms with Crippen LogP contribution in [0.25, 0.3) is 5.69 Å². The Morgan fingerprint density at radius 2 is 2.00 bits per heavy atom. The van der Waals surface area contributed by atoms with Gasteiger partial charge in [-0.1, -0.05) is 25.1 Å². The van der Waals surface area contributed by atoms with E-state index >= 15 is 0 Å². The zero-order chi connectivity index (χ0) is 14.4. The van der Waals surface area contributed by atoms with E-state index in [4.69, 9.17) is 4.74 Å². The molecule has 0 bridgehead atoms. The summed E-state index contributed by atoms with van der Waals surface area (Å²) in [6.45, 7) is 5.13. The van der Waals surface area contributed by atoms with Crippen molar-refractivity contribution in [3.63, 3.8) is 0 Å². The second kappa shape index (κ2) is 7.22. The molecule has 0 amide bonds. The summed E-state index contributed by atoms with van der Waals surface area (Å²) >= 11 is 0. The molecule has 20 heavy (non-hydrogen) atoms. The fraction of sp³-hybridized carbons (Fsp3) is 0.438. The van der Waals surface area contributed by atoms with Crippen LogP contribution in [0.1, 0.15) is 32.0 Å². The van der Waals surface area contributed by atoms with Crippen molar-refractivity contribution in [2.45, 2.75) is 32.4 Å². The van der Waals surface area contributed by atoms with Crippen molar-refractivity contribution < 1.29 is 4.74 Å². The quantitative estimate of drug-likeness (QED) is 0.843. The third-order valence-electron chi connectivity index (χ3n) is 3.45. The Morgan fingerprint density at radius 3 is 2.65 bits per heavy atom. The summed E-state index contributed by atoms with van der Waals surface area (Å²) in [6.07, 6.45) is 2.98. The van der Waals surface area contributed by atoms with E-state index in [0.717, 1.165) is 18.7 Å². The fourth-order valence-corrected chi connectivity index (χ4v) is 2.35. The van der Waals surface area contributed by atoms with E-state index in [1.54, 1.807) is 7.11 Å². The summed E-state index contributed by atoms with van der Waals surface area (Å²) in [7, 11) is 1.75. The Labute approximate surface area is 120 Å². The number of aromatic nitrogens is 2. The van der Waals surface area contributed by atoms with Gasteiger partial charge < -0.3 is 10.1 Å². The maximum absolute atomic E-state index is 5.40. The third-order valence-corrected chi connectivity index (χ3v) is 3.45. The zero-order valence-corrected chi connectivity index (χ0v) is 12.4. The molecule has 2 atom stereocenters. The average Bonchev–Trinajstić information content (AvgIpc) is 2.97. The lowest BCUT2D eigenvalue weighted by atomic mass is 10.1. The summed E-state index contributed by atoms with van der Waals surface area (Å²) in [6, 6.07) is 12.5. The van der Waals surface area contributed by atoms with Gasteiger partial charge in [0, 0.05) is 13.3 Å². The minimum absolute atomic E-state index is 0.207. The second-order valence-corrected chi connectivity index (χ2v) is 4.90. The number of rotatable bonds is 7. The van der Waals surface area contributed by atoms with Crippen molar-refractivity contribution in [3.05, 3.63) is 48.3 Å².